The Balaban J connectivity index is 2.26. The van der Waals surface area contributed by atoms with Crippen LogP contribution >= 0.6 is 23.4 Å². The Kier molecular flexibility index (Phi) is 2.63. The number of halogens is 1. The summed E-state index contributed by atoms with van der Waals surface area (Å²) in [6.07, 6.45) is 1.07. The van der Waals surface area contributed by atoms with Crippen LogP contribution in [0, 0.1) is 0 Å². The minimum absolute atomic E-state index is 0.0480. The van der Waals surface area contributed by atoms with Crippen molar-refractivity contribution in [1.29, 1.82) is 0 Å². The quantitative estimate of drug-likeness (QED) is 0.602. The summed E-state index contributed by atoms with van der Waals surface area (Å²) in [7, 11) is 0. The van der Waals surface area contributed by atoms with Gasteiger partial charge in [-0.25, -0.2) is 4.79 Å². The summed E-state index contributed by atoms with van der Waals surface area (Å²) < 4.78 is -0.440. The van der Waals surface area contributed by atoms with Crippen molar-refractivity contribution < 1.29 is 14.7 Å². The van der Waals surface area contributed by atoms with E-state index in [-0.39, 0.29) is 11.3 Å². The number of carboxylic acid groups (broad SMARTS) is 1. The minimum atomic E-state index is -0.925. The maximum Gasteiger partial charge on any atom is 0.327 e. The van der Waals surface area contributed by atoms with Crippen LogP contribution in [-0.2, 0) is 9.59 Å². The molecule has 3 atom stereocenters. The van der Waals surface area contributed by atoms with Crippen LogP contribution in [0.2, 0.25) is 0 Å². The van der Waals surface area contributed by atoms with E-state index < -0.39 is 16.8 Å². The van der Waals surface area contributed by atoms with Gasteiger partial charge in [-0.05, 0) is 13.3 Å². The molecule has 0 radical (unpaired) electrons. The number of rotatable bonds is 3. The van der Waals surface area contributed by atoms with Crippen LogP contribution in [0.1, 0.15) is 19.8 Å². The highest BCUT2D eigenvalue weighted by Crippen LogP contribution is 2.52. The summed E-state index contributed by atoms with van der Waals surface area (Å²) in [6, 6.07) is -0.715. The predicted octanol–water partition coefficient (Wildman–Crippen LogP) is 1.13. The zero-order chi connectivity index (χ0) is 11.2. The molecule has 0 spiro atoms. The Morgan fingerprint density at radius 1 is 1.80 bits per heavy atom. The number of carbonyl (C=O) groups is 2. The summed E-state index contributed by atoms with van der Waals surface area (Å²) in [5, 5.41) is 9.21. The minimum Gasteiger partial charge on any atom is -0.480 e. The van der Waals surface area contributed by atoms with Crippen molar-refractivity contribution in [1.82, 2.24) is 4.90 Å². The number of β-lactam (4-membered cyclic amide) rings is 1. The van der Waals surface area contributed by atoms with Crippen molar-refractivity contribution >= 4 is 35.2 Å². The molecule has 0 bridgehead atoms. The van der Waals surface area contributed by atoms with E-state index in [0.717, 1.165) is 0 Å². The molecular formula is C9H12ClNO3S. The standard InChI is InChI=1S/C9H12ClNO3S/c1-9(2-3-10)7(8(13)14)11-5(12)4-6(11)15-9/h6-7H,2-4H2,1H3,(H,13,14)/t6-,7+,9?/m1/s1. The molecule has 4 nitrogen and oxygen atoms in total. The topological polar surface area (TPSA) is 57.6 Å². The summed E-state index contributed by atoms with van der Waals surface area (Å²) in [6.45, 7) is 1.88. The number of aliphatic carboxylic acids is 1. The van der Waals surface area contributed by atoms with Crippen LogP contribution in [0.4, 0.5) is 0 Å². The molecule has 1 unspecified atom stereocenters. The number of carbonyl (C=O) groups excluding carboxylic acids is 1. The first-order valence-corrected chi connectivity index (χ1v) is 6.19. The molecule has 15 heavy (non-hydrogen) atoms. The van der Waals surface area contributed by atoms with E-state index in [0.29, 0.717) is 18.7 Å². The fourth-order valence-electron chi connectivity index (χ4n) is 2.24. The number of nitrogens with zero attached hydrogens (tertiary/aromatic N) is 1. The van der Waals surface area contributed by atoms with Crippen molar-refractivity contribution in [3.05, 3.63) is 0 Å². The number of thioether (sulfide) groups is 1. The molecule has 84 valence electrons. The lowest BCUT2D eigenvalue weighted by molar-refractivity contribution is -0.157. The van der Waals surface area contributed by atoms with Crippen molar-refractivity contribution in [3.63, 3.8) is 0 Å². The molecule has 6 heteroatoms. The normalized spacial score (nSPS) is 38.8. The number of fused-ring (bicyclic) bond motifs is 1. The zero-order valence-corrected chi connectivity index (χ0v) is 9.85. The lowest BCUT2D eigenvalue weighted by atomic mass is 9.94. The molecule has 2 aliphatic rings. The fourth-order valence-corrected chi connectivity index (χ4v) is 4.51. The average Bonchev–Trinajstić information content (AvgIpc) is 2.35. The largest absolute Gasteiger partial charge is 0.480 e. The van der Waals surface area contributed by atoms with Gasteiger partial charge >= 0.3 is 5.97 Å². The van der Waals surface area contributed by atoms with Gasteiger partial charge in [0, 0.05) is 10.6 Å². The van der Waals surface area contributed by atoms with Crippen LogP contribution in [0.3, 0.4) is 0 Å². The molecule has 2 fully saturated rings. The van der Waals surface area contributed by atoms with E-state index in [9.17, 15) is 9.59 Å². The van der Waals surface area contributed by atoms with E-state index in [4.69, 9.17) is 16.7 Å². The van der Waals surface area contributed by atoms with Gasteiger partial charge in [-0.1, -0.05) is 0 Å². The molecular weight excluding hydrogens is 238 g/mol. The van der Waals surface area contributed by atoms with Crippen LogP contribution in [0.15, 0.2) is 0 Å². The molecule has 2 rings (SSSR count). The molecule has 0 saturated carbocycles. The first-order valence-electron chi connectivity index (χ1n) is 4.77. The van der Waals surface area contributed by atoms with E-state index >= 15 is 0 Å². The van der Waals surface area contributed by atoms with Gasteiger partial charge in [0.2, 0.25) is 5.91 Å². The molecule has 2 heterocycles. The smallest absolute Gasteiger partial charge is 0.327 e. The van der Waals surface area contributed by atoms with Crippen LogP contribution in [-0.4, -0.2) is 43.9 Å². The van der Waals surface area contributed by atoms with Gasteiger partial charge in [-0.15, -0.1) is 23.4 Å². The summed E-state index contributed by atoms with van der Waals surface area (Å²) in [5.41, 5.74) is 0. The van der Waals surface area contributed by atoms with Gasteiger partial charge in [-0.3, -0.25) is 4.79 Å². The van der Waals surface area contributed by atoms with E-state index in [1.807, 2.05) is 6.92 Å². The summed E-state index contributed by atoms with van der Waals surface area (Å²) in [4.78, 5) is 24.0. The Morgan fingerprint density at radius 2 is 2.47 bits per heavy atom. The maximum absolute atomic E-state index is 11.3. The third-order valence-corrected chi connectivity index (χ3v) is 4.85. The molecule has 0 aromatic rings. The molecule has 0 aliphatic carbocycles. The number of hydrogen-bond acceptors (Lipinski definition) is 3. The number of carboxylic acids is 1. The van der Waals surface area contributed by atoms with Gasteiger partial charge in [0.1, 0.15) is 6.04 Å². The van der Waals surface area contributed by atoms with Crippen LogP contribution in [0.5, 0.6) is 0 Å². The molecule has 2 aliphatic heterocycles. The Hall–Kier alpha value is -0.420. The Morgan fingerprint density at radius 3 is 2.93 bits per heavy atom. The molecule has 1 amide bonds. The highest BCUT2D eigenvalue weighted by Gasteiger charge is 2.60. The fraction of sp³-hybridized carbons (Fsp3) is 0.778. The van der Waals surface area contributed by atoms with Gasteiger partial charge in [0.25, 0.3) is 0 Å². The third-order valence-electron chi connectivity index (χ3n) is 3.03. The van der Waals surface area contributed by atoms with E-state index in [1.165, 1.54) is 4.90 Å². The van der Waals surface area contributed by atoms with Crippen molar-refractivity contribution in [3.8, 4) is 0 Å². The van der Waals surface area contributed by atoms with Gasteiger partial charge in [-0.2, -0.15) is 0 Å². The zero-order valence-electron chi connectivity index (χ0n) is 8.27. The average molecular weight is 250 g/mol. The lowest BCUT2D eigenvalue weighted by Gasteiger charge is -2.36. The molecule has 1 N–H and O–H groups in total. The first kappa shape index (κ1) is 11.1. The number of amides is 1. The monoisotopic (exact) mass is 249 g/mol. The highest BCUT2D eigenvalue weighted by atomic mass is 35.5. The van der Waals surface area contributed by atoms with Gasteiger partial charge in [0.05, 0.1) is 11.8 Å². The van der Waals surface area contributed by atoms with Crippen LogP contribution in [0.25, 0.3) is 0 Å². The van der Waals surface area contributed by atoms with Gasteiger partial charge in [0.15, 0.2) is 0 Å². The van der Waals surface area contributed by atoms with Crippen LogP contribution < -0.4 is 0 Å². The maximum atomic E-state index is 11.3. The summed E-state index contributed by atoms with van der Waals surface area (Å²) in [5.74, 6) is -0.564. The number of hydrogen-bond donors (Lipinski definition) is 1. The summed E-state index contributed by atoms with van der Waals surface area (Å²) >= 11 is 7.25. The Labute approximate surface area is 97.0 Å². The van der Waals surface area contributed by atoms with E-state index in [1.54, 1.807) is 11.8 Å². The second kappa shape index (κ2) is 3.56. The highest BCUT2D eigenvalue weighted by molar-refractivity contribution is 8.01. The lowest BCUT2D eigenvalue weighted by Crippen LogP contribution is -2.57. The van der Waals surface area contributed by atoms with Crippen molar-refractivity contribution in [2.45, 2.75) is 35.9 Å². The van der Waals surface area contributed by atoms with E-state index in [2.05, 4.69) is 0 Å². The second-order valence-electron chi connectivity index (χ2n) is 4.07. The SMILES string of the molecule is CC1(CCCl)S[C@@H]2CC(=O)N2[C@H]1C(=O)O. The second-order valence-corrected chi connectivity index (χ2v) is 6.16. The third kappa shape index (κ3) is 1.52. The molecule has 0 aromatic carbocycles. The number of alkyl halides is 1. The first-order chi connectivity index (χ1) is 6.99. The molecule has 0 aromatic heterocycles. The Bertz CT molecular complexity index is 324. The predicted molar refractivity (Wildman–Crippen MR) is 58.0 cm³/mol. The molecule has 2 saturated heterocycles. The van der Waals surface area contributed by atoms with Crippen molar-refractivity contribution in [2.75, 3.05) is 5.88 Å². The van der Waals surface area contributed by atoms with Crippen molar-refractivity contribution in [2.24, 2.45) is 0 Å². The van der Waals surface area contributed by atoms with Gasteiger partial charge < -0.3 is 10.0 Å².